The third-order valence-electron chi connectivity index (χ3n) is 5.94. The zero-order chi connectivity index (χ0) is 26.0. The van der Waals surface area contributed by atoms with E-state index in [9.17, 15) is 18.0 Å². The molecule has 0 aliphatic carbocycles. The van der Waals surface area contributed by atoms with Crippen molar-refractivity contribution in [2.24, 2.45) is 12.8 Å². The summed E-state index contributed by atoms with van der Waals surface area (Å²) in [4.78, 5) is 19.8. The van der Waals surface area contributed by atoms with Gasteiger partial charge in [0, 0.05) is 43.3 Å². The van der Waals surface area contributed by atoms with E-state index in [0.717, 1.165) is 30.5 Å². The van der Waals surface area contributed by atoms with E-state index in [2.05, 4.69) is 9.97 Å². The molecule has 0 unspecified atom stereocenters. The van der Waals surface area contributed by atoms with E-state index in [1.165, 1.54) is 13.3 Å². The van der Waals surface area contributed by atoms with Crippen LogP contribution in [0.5, 0.6) is 5.75 Å². The molecule has 1 aliphatic heterocycles. The molecule has 5 rings (SSSR count). The Balaban J connectivity index is 0.000000325. The summed E-state index contributed by atoms with van der Waals surface area (Å²) in [7, 11) is 3.15. The van der Waals surface area contributed by atoms with Gasteiger partial charge in [-0.05, 0) is 55.0 Å². The van der Waals surface area contributed by atoms with Gasteiger partial charge < -0.3 is 19.6 Å². The highest BCUT2D eigenvalue weighted by Crippen LogP contribution is 2.34. The summed E-state index contributed by atoms with van der Waals surface area (Å²) in [5, 5.41) is 0.578. The number of ether oxygens (including phenoxy) is 1. The molecule has 2 N–H and O–H groups in total. The molecule has 0 saturated carbocycles. The van der Waals surface area contributed by atoms with Crippen molar-refractivity contribution in [2.45, 2.75) is 31.6 Å². The molecule has 0 bridgehead atoms. The Morgan fingerprint density at radius 3 is 2.69 bits per heavy atom. The minimum absolute atomic E-state index is 0.224. The van der Waals surface area contributed by atoms with Crippen LogP contribution in [0.15, 0.2) is 36.5 Å². The van der Waals surface area contributed by atoms with Crippen LogP contribution in [0, 0.1) is 0 Å². The number of alkyl halides is 3. The molecule has 1 fully saturated rings. The summed E-state index contributed by atoms with van der Waals surface area (Å²) in [6.07, 6.45) is -0.0345. The van der Waals surface area contributed by atoms with E-state index in [1.54, 1.807) is 46.4 Å². The molecule has 12 heteroatoms. The molecular formula is C24H26ClF3N6O2. The van der Waals surface area contributed by atoms with E-state index in [1.807, 2.05) is 0 Å². The van der Waals surface area contributed by atoms with Gasteiger partial charge in [-0.3, -0.25) is 4.79 Å². The number of methoxy groups -OCH3 is 1. The predicted molar refractivity (Wildman–Crippen MR) is 132 cm³/mol. The summed E-state index contributed by atoms with van der Waals surface area (Å²) >= 11 is 5.66. The molecule has 1 aromatic carbocycles. The molecule has 192 valence electrons. The Kier molecular flexibility index (Phi) is 7.53. The zero-order valence-electron chi connectivity index (χ0n) is 19.8. The highest BCUT2D eigenvalue weighted by atomic mass is 35.5. The lowest BCUT2D eigenvalue weighted by Crippen LogP contribution is -2.37. The number of benzene rings is 1. The highest BCUT2D eigenvalue weighted by Gasteiger charge is 2.31. The number of imidazole rings is 1. The molecule has 0 amide bonds. The Morgan fingerprint density at radius 1 is 1.31 bits per heavy atom. The number of carbonyl (C=O) groups is 1. The van der Waals surface area contributed by atoms with Gasteiger partial charge >= 0.3 is 6.18 Å². The smallest absolute Gasteiger partial charge is 0.406 e. The highest BCUT2D eigenvalue weighted by molar-refractivity contribution is 6.13. The van der Waals surface area contributed by atoms with Crippen molar-refractivity contribution in [1.29, 1.82) is 0 Å². The maximum atomic E-state index is 13.2. The number of piperidine rings is 1. The summed E-state index contributed by atoms with van der Waals surface area (Å²) in [6.45, 7) is 0.652. The number of carbonyl (C=O) groups excluding carboxylic acids is 1. The van der Waals surface area contributed by atoms with Crippen molar-refractivity contribution in [3.63, 3.8) is 0 Å². The standard InChI is InChI=1S/C19H15F3N4O2.C5H11ClN2/c1-25-16-13(6-11(9-27)7-15(16)28-2)24-18(25)14-8-12-4-3-5-23-17(12)26(14)10-19(20,21)22;6-8-3-1-2-5(7)4-8/h3-9H,10H2,1-2H3;5H,1-4,7H2/t;5-/m.1/s1. The minimum Gasteiger partial charge on any atom is -0.494 e. The average Bonchev–Trinajstić information content (AvgIpc) is 3.35. The fraction of sp³-hybridized carbons (Fsp3) is 0.375. The molecule has 0 spiro atoms. The summed E-state index contributed by atoms with van der Waals surface area (Å²) < 4.78 is 49.6. The van der Waals surface area contributed by atoms with Crippen LogP contribution in [0.4, 0.5) is 13.2 Å². The van der Waals surface area contributed by atoms with Gasteiger partial charge in [0.15, 0.2) is 5.82 Å². The SMILES string of the molecule is COc1cc(C=O)cc2nc(-c3cc4cccnc4n3CC(F)(F)F)n(C)c12.N[C@@H]1CCCN(Cl)C1. The van der Waals surface area contributed by atoms with Gasteiger partial charge in [-0.1, -0.05) is 0 Å². The minimum atomic E-state index is -4.43. The Morgan fingerprint density at radius 2 is 2.08 bits per heavy atom. The molecule has 8 nitrogen and oxygen atoms in total. The lowest BCUT2D eigenvalue weighted by atomic mass is 10.1. The first kappa shape index (κ1) is 25.9. The molecule has 1 atom stereocenters. The van der Waals surface area contributed by atoms with Crippen molar-refractivity contribution in [2.75, 3.05) is 20.2 Å². The number of aromatic nitrogens is 4. The second kappa shape index (κ2) is 10.5. The van der Waals surface area contributed by atoms with Gasteiger partial charge in [0.2, 0.25) is 0 Å². The van der Waals surface area contributed by atoms with Crippen molar-refractivity contribution in [1.82, 2.24) is 23.5 Å². The van der Waals surface area contributed by atoms with Crippen LogP contribution in [-0.4, -0.2) is 62.2 Å². The second-order valence-electron chi connectivity index (χ2n) is 8.62. The van der Waals surface area contributed by atoms with Crippen LogP contribution in [0.25, 0.3) is 33.6 Å². The number of rotatable bonds is 4. The summed E-state index contributed by atoms with van der Waals surface area (Å²) in [5.41, 5.74) is 7.51. The number of aldehydes is 1. The first-order chi connectivity index (χ1) is 17.1. The molecule has 4 aromatic rings. The lowest BCUT2D eigenvalue weighted by molar-refractivity contribution is -0.139. The number of fused-ring (bicyclic) bond motifs is 2. The topological polar surface area (TPSA) is 91.2 Å². The van der Waals surface area contributed by atoms with Crippen LogP contribution in [0.1, 0.15) is 23.2 Å². The van der Waals surface area contributed by atoms with E-state index < -0.39 is 12.7 Å². The van der Waals surface area contributed by atoms with E-state index in [4.69, 9.17) is 22.2 Å². The maximum absolute atomic E-state index is 13.2. The third kappa shape index (κ3) is 5.48. The van der Waals surface area contributed by atoms with Crippen LogP contribution < -0.4 is 10.5 Å². The van der Waals surface area contributed by atoms with Gasteiger partial charge in [-0.15, -0.1) is 0 Å². The third-order valence-corrected chi connectivity index (χ3v) is 6.25. The molecular weight excluding hydrogens is 497 g/mol. The molecule has 0 radical (unpaired) electrons. The number of pyridine rings is 1. The van der Waals surface area contributed by atoms with Gasteiger partial charge in [0.05, 0.1) is 18.3 Å². The first-order valence-electron chi connectivity index (χ1n) is 11.3. The van der Waals surface area contributed by atoms with Crippen LogP contribution in [-0.2, 0) is 13.6 Å². The van der Waals surface area contributed by atoms with E-state index >= 15 is 0 Å². The Bertz CT molecular complexity index is 1380. The Labute approximate surface area is 210 Å². The van der Waals surface area contributed by atoms with E-state index in [-0.39, 0.29) is 11.3 Å². The largest absolute Gasteiger partial charge is 0.494 e. The summed E-state index contributed by atoms with van der Waals surface area (Å²) in [6, 6.07) is 8.44. The monoisotopic (exact) mass is 522 g/mol. The predicted octanol–water partition coefficient (Wildman–Crippen LogP) is 4.54. The van der Waals surface area contributed by atoms with Crippen molar-refractivity contribution in [3.05, 3.63) is 42.1 Å². The number of aryl methyl sites for hydroxylation is 1. The molecule has 1 aliphatic rings. The molecule has 36 heavy (non-hydrogen) atoms. The lowest BCUT2D eigenvalue weighted by Gasteiger charge is -2.23. The van der Waals surface area contributed by atoms with Crippen LogP contribution in [0.3, 0.4) is 0 Å². The molecule has 4 heterocycles. The van der Waals surface area contributed by atoms with Gasteiger partial charge in [0.1, 0.15) is 29.7 Å². The Hall–Kier alpha value is -3.15. The maximum Gasteiger partial charge on any atom is 0.406 e. The number of hydrogen-bond acceptors (Lipinski definition) is 6. The average molecular weight is 523 g/mol. The molecule has 3 aromatic heterocycles. The van der Waals surface area contributed by atoms with Gasteiger partial charge in [-0.25, -0.2) is 14.4 Å². The van der Waals surface area contributed by atoms with E-state index in [0.29, 0.717) is 45.9 Å². The number of hydrogen-bond donors (Lipinski definition) is 1. The van der Waals surface area contributed by atoms with Crippen molar-refractivity contribution >= 4 is 40.1 Å². The van der Waals surface area contributed by atoms with Gasteiger partial charge in [0.25, 0.3) is 0 Å². The fourth-order valence-electron chi connectivity index (χ4n) is 4.36. The van der Waals surface area contributed by atoms with Gasteiger partial charge in [-0.2, -0.15) is 13.2 Å². The number of nitrogens with zero attached hydrogens (tertiary/aromatic N) is 5. The van der Waals surface area contributed by atoms with Crippen molar-refractivity contribution in [3.8, 4) is 17.3 Å². The quantitative estimate of drug-likeness (QED) is 0.313. The fourth-order valence-corrected chi connectivity index (χ4v) is 4.65. The molecule has 1 saturated heterocycles. The summed E-state index contributed by atoms with van der Waals surface area (Å²) in [5.74, 6) is 0.732. The van der Waals surface area contributed by atoms with Crippen LogP contribution >= 0.6 is 11.8 Å². The zero-order valence-corrected chi connectivity index (χ0v) is 20.6. The first-order valence-corrected chi connectivity index (χ1v) is 11.6. The van der Waals surface area contributed by atoms with Crippen LogP contribution in [0.2, 0.25) is 0 Å². The second-order valence-corrected chi connectivity index (χ2v) is 9.10. The number of nitrogens with two attached hydrogens (primary N) is 1. The van der Waals surface area contributed by atoms with Crippen molar-refractivity contribution < 1.29 is 22.7 Å². The normalized spacial score (nSPS) is 16.7. The number of halogens is 4.